The molecule has 0 saturated carbocycles. The highest BCUT2D eigenvalue weighted by Crippen LogP contribution is 2.25. The minimum absolute atomic E-state index is 0.0695. The van der Waals surface area contributed by atoms with Crippen molar-refractivity contribution in [2.75, 3.05) is 6.61 Å². The molecule has 4 rings (SSSR count). The van der Waals surface area contributed by atoms with Gasteiger partial charge < -0.3 is 19.2 Å². The number of hydrogen-bond donors (Lipinski definition) is 2. The van der Waals surface area contributed by atoms with Crippen molar-refractivity contribution in [3.8, 4) is 17.4 Å². The number of non-ortho nitro benzene ring substituents is 1. The van der Waals surface area contributed by atoms with Crippen LogP contribution >= 0.6 is 0 Å². The summed E-state index contributed by atoms with van der Waals surface area (Å²) < 4.78 is 10.5. The van der Waals surface area contributed by atoms with Gasteiger partial charge in [0, 0.05) is 17.7 Å². The molecule has 0 unspecified atom stereocenters. The number of nitriles is 1. The summed E-state index contributed by atoms with van der Waals surface area (Å²) in [6, 6.07) is 17.5. The summed E-state index contributed by atoms with van der Waals surface area (Å²) in [5, 5.41) is 30.4. The van der Waals surface area contributed by atoms with E-state index in [4.69, 9.17) is 9.15 Å². The number of H-pyrrole nitrogens is 1. The van der Waals surface area contributed by atoms with Crippen LogP contribution in [0.25, 0.3) is 27.9 Å². The SMILES string of the molecule is N#CC(=C(O)COC(=O)c1ccc(-c2ccc([N+](=O)[O-])cc2)o1)c1nc2ccccc2[nH]1. The van der Waals surface area contributed by atoms with Gasteiger partial charge in [-0.1, -0.05) is 12.1 Å². The van der Waals surface area contributed by atoms with Gasteiger partial charge in [-0.2, -0.15) is 5.26 Å². The minimum atomic E-state index is -0.855. The molecule has 10 nitrogen and oxygen atoms in total. The first-order valence-electron chi connectivity index (χ1n) is 9.25. The highest BCUT2D eigenvalue weighted by molar-refractivity contribution is 5.87. The molecule has 0 atom stereocenters. The van der Waals surface area contributed by atoms with E-state index in [0.717, 1.165) is 0 Å². The van der Waals surface area contributed by atoms with Crippen LogP contribution in [-0.4, -0.2) is 32.6 Å². The van der Waals surface area contributed by atoms with Gasteiger partial charge in [-0.15, -0.1) is 0 Å². The number of rotatable bonds is 6. The average Bonchev–Trinajstić information content (AvgIpc) is 3.45. The zero-order chi connectivity index (χ0) is 22.7. The van der Waals surface area contributed by atoms with E-state index in [1.54, 1.807) is 24.3 Å². The van der Waals surface area contributed by atoms with Crippen molar-refractivity contribution in [1.82, 2.24) is 9.97 Å². The Balaban J connectivity index is 1.47. The zero-order valence-corrected chi connectivity index (χ0v) is 16.3. The largest absolute Gasteiger partial charge is 0.507 e. The van der Waals surface area contributed by atoms with E-state index in [9.17, 15) is 25.3 Å². The minimum Gasteiger partial charge on any atom is -0.507 e. The Morgan fingerprint density at radius 1 is 1.19 bits per heavy atom. The molecule has 0 amide bonds. The molecule has 0 saturated heterocycles. The second-order valence-corrected chi connectivity index (χ2v) is 6.58. The van der Waals surface area contributed by atoms with Gasteiger partial charge in [-0.3, -0.25) is 10.1 Å². The lowest BCUT2D eigenvalue weighted by Gasteiger charge is -2.04. The third-order valence-corrected chi connectivity index (χ3v) is 4.54. The lowest BCUT2D eigenvalue weighted by atomic mass is 10.1. The molecule has 0 aliphatic rings. The number of carbonyl (C=O) groups is 1. The van der Waals surface area contributed by atoms with Crippen molar-refractivity contribution < 1.29 is 24.0 Å². The number of aromatic amines is 1. The number of nitrogens with zero attached hydrogens (tertiary/aromatic N) is 3. The van der Waals surface area contributed by atoms with Crippen molar-refractivity contribution in [3.63, 3.8) is 0 Å². The first-order valence-corrected chi connectivity index (χ1v) is 9.25. The Hall–Kier alpha value is -4.91. The van der Waals surface area contributed by atoms with E-state index < -0.39 is 23.3 Å². The summed E-state index contributed by atoms with van der Waals surface area (Å²) in [5.74, 6) is -0.991. The number of aliphatic hydroxyl groups excluding tert-OH is 1. The molecule has 10 heteroatoms. The van der Waals surface area contributed by atoms with Gasteiger partial charge in [0.05, 0.1) is 16.0 Å². The fraction of sp³-hybridized carbons (Fsp3) is 0.0455. The van der Waals surface area contributed by atoms with Gasteiger partial charge in [0.15, 0.2) is 18.2 Å². The molecular weight excluding hydrogens is 416 g/mol. The maximum atomic E-state index is 12.3. The first kappa shape index (κ1) is 20.4. The number of nitro benzene ring substituents is 1. The first-order chi connectivity index (χ1) is 15.5. The number of aromatic nitrogens is 2. The van der Waals surface area contributed by atoms with Crippen LogP contribution in [0.1, 0.15) is 16.4 Å². The lowest BCUT2D eigenvalue weighted by molar-refractivity contribution is -0.384. The molecule has 0 bridgehead atoms. The fourth-order valence-corrected chi connectivity index (χ4v) is 2.95. The standard InChI is InChI=1S/C22H14N4O6/c23-11-15(21-24-16-3-1-2-4-17(16)25-21)18(27)12-31-22(28)20-10-9-19(32-20)13-5-7-14(8-6-13)26(29)30/h1-10,27H,12H2,(H,24,25). The van der Waals surface area contributed by atoms with Crippen LogP contribution in [0.2, 0.25) is 0 Å². The van der Waals surface area contributed by atoms with E-state index in [2.05, 4.69) is 9.97 Å². The number of hydrogen-bond acceptors (Lipinski definition) is 8. The second kappa shape index (κ2) is 8.45. The lowest BCUT2D eigenvalue weighted by Crippen LogP contribution is -2.08. The summed E-state index contributed by atoms with van der Waals surface area (Å²) >= 11 is 0. The molecule has 0 radical (unpaired) electrons. The molecule has 158 valence electrons. The second-order valence-electron chi connectivity index (χ2n) is 6.58. The number of nitrogens with one attached hydrogen (secondary N) is 1. The molecule has 2 N–H and O–H groups in total. The Bertz CT molecular complexity index is 1360. The number of benzene rings is 2. The number of nitro groups is 1. The zero-order valence-electron chi connectivity index (χ0n) is 16.3. The Morgan fingerprint density at radius 2 is 1.94 bits per heavy atom. The molecule has 32 heavy (non-hydrogen) atoms. The number of fused-ring (bicyclic) bond motifs is 1. The monoisotopic (exact) mass is 430 g/mol. The summed E-state index contributed by atoms with van der Waals surface area (Å²) in [4.78, 5) is 29.7. The van der Waals surface area contributed by atoms with Crippen LogP contribution in [0.4, 0.5) is 5.69 Å². The fourth-order valence-electron chi connectivity index (χ4n) is 2.95. The van der Waals surface area contributed by atoms with E-state index in [0.29, 0.717) is 22.4 Å². The van der Waals surface area contributed by atoms with Crippen molar-refractivity contribution in [1.29, 1.82) is 5.26 Å². The Labute approximate surface area is 180 Å². The van der Waals surface area contributed by atoms with Crippen LogP contribution in [0.15, 0.2) is 70.8 Å². The number of esters is 1. The maximum absolute atomic E-state index is 12.3. The molecule has 0 fully saturated rings. The molecule has 2 heterocycles. The summed E-state index contributed by atoms with van der Waals surface area (Å²) in [6.45, 7) is -0.563. The van der Waals surface area contributed by atoms with Gasteiger partial charge >= 0.3 is 5.97 Å². The predicted molar refractivity (Wildman–Crippen MR) is 112 cm³/mol. The van der Waals surface area contributed by atoms with Gasteiger partial charge in [0.25, 0.3) is 5.69 Å². The van der Waals surface area contributed by atoms with E-state index >= 15 is 0 Å². The van der Waals surface area contributed by atoms with Gasteiger partial charge in [0.1, 0.15) is 17.4 Å². The van der Waals surface area contributed by atoms with Crippen molar-refractivity contribution in [2.24, 2.45) is 0 Å². The highest BCUT2D eigenvalue weighted by atomic mass is 16.6. The predicted octanol–water partition coefficient (Wildman–Crippen LogP) is 4.38. The van der Waals surface area contributed by atoms with Crippen LogP contribution in [0.3, 0.4) is 0 Å². The molecular formula is C22H14N4O6. The van der Waals surface area contributed by atoms with Crippen LogP contribution < -0.4 is 0 Å². The summed E-state index contributed by atoms with van der Waals surface area (Å²) in [6.07, 6.45) is 0. The number of para-hydroxylation sites is 2. The van der Waals surface area contributed by atoms with E-state index in [-0.39, 0.29) is 22.8 Å². The molecule has 4 aromatic rings. The summed E-state index contributed by atoms with van der Waals surface area (Å²) in [7, 11) is 0. The number of allylic oxidation sites excluding steroid dienone is 1. The number of ether oxygens (including phenoxy) is 1. The Morgan fingerprint density at radius 3 is 2.62 bits per heavy atom. The summed E-state index contributed by atoms with van der Waals surface area (Å²) in [5.41, 5.74) is 1.62. The van der Waals surface area contributed by atoms with Gasteiger partial charge in [0.2, 0.25) is 5.76 Å². The van der Waals surface area contributed by atoms with Crippen molar-refractivity contribution in [3.05, 3.63) is 88.1 Å². The van der Waals surface area contributed by atoms with E-state index in [1.165, 1.54) is 36.4 Å². The van der Waals surface area contributed by atoms with Gasteiger partial charge in [-0.25, -0.2) is 9.78 Å². The third-order valence-electron chi connectivity index (χ3n) is 4.54. The van der Waals surface area contributed by atoms with Crippen LogP contribution in [-0.2, 0) is 4.74 Å². The molecule has 0 spiro atoms. The van der Waals surface area contributed by atoms with Crippen LogP contribution in [0, 0.1) is 21.4 Å². The normalized spacial score (nSPS) is 11.6. The smallest absolute Gasteiger partial charge is 0.374 e. The average molecular weight is 430 g/mol. The van der Waals surface area contributed by atoms with Crippen LogP contribution in [0.5, 0.6) is 0 Å². The quantitative estimate of drug-likeness (QED) is 0.150. The number of carbonyl (C=O) groups excluding carboxylic acids is 1. The number of furan rings is 1. The Kier molecular flexibility index (Phi) is 5.38. The maximum Gasteiger partial charge on any atom is 0.374 e. The van der Waals surface area contributed by atoms with Gasteiger partial charge in [-0.05, 0) is 36.4 Å². The third kappa shape index (κ3) is 4.03. The topological polar surface area (TPSA) is 155 Å². The molecule has 2 aromatic heterocycles. The number of aliphatic hydroxyl groups is 1. The van der Waals surface area contributed by atoms with E-state index in [1.807, 2.05) is 6.07 Å². The molecule has 0 aliphatic carbocycles. The molecule has 2 aromatic carbocycles. The van der Waals surface area contributed by atoms with Crippen molar-refractivity contribution >= 4 is 28.3 Å². The highest BCUT2D eigenvalue weighted by Gasteiger charge is 2.18. The molecule has 0 aliphatic heterocycles. The number of imidazole rings is 1. The van der Waals surface area contributed by atoms with Crippen molar-refractivity contribution in [2.45, 2.75) is 0 Å².